The first kappa shape index (κ1) is 20.9. The maximum atomic E-state index is 13.4. The first-order valence-corrected chi connectivity index (χ1v) is 13.6. The molecule has 1 aromatic heterocycles. The fourth-order valence-electron chi connectivity index (χ4n) is 5.34. The van der Waals surface area contributed by atoms with E-state index in [1.807, 2.05) is 12.1 Å². The van der Waals surface area contributed by atoms with Gasteiger partial charge < -0.3 is 10.2 Å². The molecule has 1 spiro atoms. The molecule has 2 N–H and O–H groups in total. The molecule has 1 atom stereocenters. The molecule has 33 heavy (non-hydrogen) atoms. The molecular weight excluding hydrogens is 430 g/mol. The van der Waals surface area contributed by atoms with Crippen molar-refractivity contribution >= 4 is 37.8 Å². The molecule has 3 aromatic rings. The number of piperidine rings is 1. The fourth-order valence-corrected chi connectivity index (χ4v) is 7.10. The van der Waals surface area contributed by atoms with Crippen LogP contribution in [0.15, 0.2) is 41.6 Å². The molecule has 0 bridgehead atoms. The van der Waals surface area contributed by atoms with Crippen LogP contribution in [0.3, 0.4) is 0 Å². The molecule has 2 saturated carbocycles. The van der Waals surface area contributed by atoms with Crippen LogP contribution in [0.25, 0.3) is 10.9 Å². The Bertz CT molecular complexity index is 1330. The van der Waals surface area contributed by atoms with Crippen molar-refractivity contribution < 1.29 is 4.21 Å². The van der Waals surface area contributed by atoms with E-state index in [0.717, 1.165) is 54.0 Å². The van der Waals surface area contributed by atoms with E-state index in [2.05, 4.69) is 52.2 Å². The van der Waals surface area contributed by atoms with E-state index < -0.39 is 9.73 Å². The summed E-state index contributed by atoms with van der Waals surface area (Å²) in [5.74, 6) is 0.765. The highest BCUT2D eigenvalue weighted by atomic mass is 32.2. The second-order valence-electron chi connectivity index (χ2n) is 10.3. The minimum Gasteiger partial charge on any atom is -0.371 e. The first-order valence-electron chi connectivity index (χ1n) is 12.0. The quantitative estimate of drug-likeness (QED) is 0.491. The van der Waals surface area contributed by atoms with Gasteiger partial charge in [0.25, 0.3) is 0 Å². The highest BCUT2D eigenvalue weighted by Crippen LogP contribution is 2.54. The average molecular weight is 462 g/mol. The van der Waals surface area contributed by atoms with Crippen molar-refractivity contribution in [3.05, 3.63) is 47.8 Å². The monoisotopic (exact) mass is 461 g/mol. The van der Waals surface area contributed by atoms with Crippen molar-refractivity contribution in [2.45, 2.75) is 62.5 Å². The van der Waals surface area contributed by atoms with Crippen LogP contribution in [-0.4, -0.2) is 32.5 Å². The molecule has 172 valence electrons. The van der Waals surface area contributed by atoms with Crippen molar-refractivity contribution in [1.82, 2.24) is 9.97 Å². The normalized spacial score (nSPS) is 21.2. The van der Waals surface area contributed by atoms with E-state index in [1.54, 1.807) is 6.33 Å². The van der Waals surface area contributed by atoms with Gasteiger partial charge in [-0.25, -0.2) is 19.0 Å². The van der Waals surface area contributed by atoms with Crippen molar-refractivity contribution in [3.8, 4) is 0 Å². The van der Waals surface area contributed by atoms with Gasteiger partial charge in [0, 0.05) is 24.0 Å². The summed E-state index contributed by atoms with van der Waals surface area (Å²) < 4.78 is 22.1. The minimum absolute atomic E-state index is 0.0198. The smallest absolute Gasteiger partial charge is 0.143 e. The molecule has 3 fully saturated rings. The number of nitrogens with zero attached hydrogens (tertiary/aromatic N) is 3. The average Bonchev–Trinajstić information content (AvgIpc) is 3.69. The second-order valence-corrected chi connectivity index (χ2v) is 12.7. The van der Waals surface area contributed by atoms with Crippen LogP contribution >= 0.6 is 0 Å². The SMILES string of the molecule is Cc1cc(C)cc(Nc2ncnc3cc([S@](=N)(=O)C4CC4)cc(N4CCC5(CC4)CC5)c23)c1. The van der Waals surface area contributed by atoms with Crippen LogP contribution in [0, 0.1) is 24.0 Å². The Hall–Kier alpha value is -2.67. The van der Waals surface area contributed by atoms with Crippen LogP contribution in [0.5, 0.6) is 0 Å². The Labute approximate surface area is 195 Å². The summed E-state index contributed by atoms with van der Waals surface area (Å²) in [6.07, 6.45) is 8.44. The van der Waals surface area contributed by atoms with E-state index >= 15 is 0 Å². The van der Waals surface area contributed by atoms with Gasteiger partial charge in [-0.05, 0) is 93.2 Å². The molecule has 2 aliphatic carbocycles. The zero-order chi connectivity index (χ0) is 22.8. The molecule has 6 rings (SSSR count). The lowest BCUT2D eigenvalue weighted by Crippen LogP contribution is -2.34. The number of benzene rings is 2. The van der Waals surface area contributed by atoms with Crippen molar-refractivity contribution in [2.24, 2.45) is 5.41 Å². The third-order valence-electron chi connectivity index (χ3n) is 7.64. The molecule has 2 aromatic carbocycles. The molecule has 6 nitrogen and oxygen atoms in total. The second kappa shape index (κ2) is 7.42. The third kappa shape index (κ3) is 3.86. The zero-order valence-corrected chi connectivity index (χ0v) is 20.2. The number of aromatic nitrogens is 2. The van der Waals surface area contributed by atoms with E-state index in [9.17, 15) is 4.21 Å². The third-order valence-corrected chi connectivity index (χ3v) is 9.99. The lowest BCUT2D eigenvalue weighted by molar-refractivity contribution is 0.385. The van der Waals surface area contributed by atoms with Gasteiger partial charge in [0.05, 0.1) is 31.2 Å². The minimum atomic E-state index is -2.82. The van der Waals surface area contributed by atoms with Crippen LogP contribution < -0.4 is 10.2 Å². The molecule has 0 unspecified atom stereocenters. The summed E-state index contributed by atoms with van der Waals surface area (Å²) in [5, 5.41) is 4.47. The highest BCUT2D eigenvalue weighted by Gasteiger charge is 2.44. The van der Waals surface area contributed by atoms with Crippen LogP contribution in [0.1, 0.15) is 49.7 Å². The van der Waals surface area contributed by atoms with E-state index in [4.69, 9.17) is 4.78 Å². The van der Waals surface area contributed by atoms with Gasteiger partial charge in [-0.1, -0.05) is 6.07 Å². The summed E-state index contributed by atoms with van der Waals surface area (Å²) in [6.45, 7) is 6.16. The summed E-state index contributed by atoms with van der Waals surface area (Å²) in [7, 11) is -2.82. The van der Waals surface area contributed by atoms with Crippen molar-refractivity contribution in [1.29, 1.82) is 4.78 Å². The van der Waals surface area contributed by atoms with Gasteiger partial charge >= 0.3 is 0 Å². The maximum absolute atomic E-state index is 13.4. The number of nitrogens with one attached hydrogen (secondary N) is 2. The molecule has 3 aliphatic rings. The Morgan fingerprint density at radius 1 is 1.00 bits per heavy atom. The van der Waals surface area contributed by atoms with E-state index in [0.29, 0.717) is 10.3 Å². The summed E-state index contributed by atoms with van der Waals surface area (Å²) >= 11 is 0. The van der Waals surface area contributed by atoms with Crippen LogP contribution in [0.2, 0.25) is 0 Å². The molecule has 1 saturated heterocycles. The molecule has 7 heteroatoms. The van der Waals surface area contributed by atoms with Gasteiger partial charge in [-0.2, -0.15) is 0 Å². The molecule has 0 radical (unpaired) electrons. The van der Waals surface area contributed by atoms with Crippen molar-refractivity contribution in [2.75, 3.05) is 23.3 Å². The number of aryl methyl sites for hydroxylation is 2. The van der Waals surface area contributed by atoms with Gasteiger partial charge in [0.15, 0.2) is 0 Å². The van der Waals surface area contributed by atoms with E-state index in [1.165, 1.54) is 36.8 Å². The Morgan fingerprint density at radius 3 is 2.33 bits per heavy atom. The maximum Gasteiger partial charge on any atom is 0.143 e. The number of rotatable bonds is 5. The topological polar surface area (TPSA) is 82.0 Å². The van der Waals surface area contributed by atoms with Crippen molar-refractivity contribution in [3.63, 3.8) is 0 Å². The lowest BCUT2D eigenvalue weighted by Gasteiger charge is -2.35. The van der Waals surface area contributed by atoms with Gasteiger partial charge in [0.1, 0.15) is 12.1 Å². The standard InChI is InChI=1S/C26H31N5OS/c1-17-11-18(2)13-19(12-17)30-25-24-22(28-16-29-25)14-21(33(27,32)20-3-4-20)15-23(24)31-9-7-26(5-6-26)8-10-31/h11-16,20,27H,3-10H2,1-2H3,(H,28,29,30)/t33-/m1/s1. The molecule has 0 amide bonds. The number of hydrogen-bond donors (Lipinski definition) is 2. The molecule has 2 heterocycles. The fraction of sp³-hybridized carbons (Fsp3) is 0.462. The van der Waals surface area contributed by atoms with Crippen LogP contribution in [-0.2, 0) is 9.73 Å². The summed E-state index contributed by atoms with van der Waals surface area (Å²) in [4.78, 5) is 12.2. The highest BCUT2D eigenvalue weighted by molar-refractivity contribution is 7.93. The molecule has 1 aliphatic heterocycles. The largest absolute Gasteiger partial charge is 0.371 e. The van der Waals surface area contributed by atoms with Gasteiger partial charge in [-0.3, -0.25) is 0 Å². The zero-order valence-electron chi connectivity index (χ0n) is 19.4. The first-order chi connectivity index (χ1) is 15.8. The number of fused-ring (bicyclic) bond motifs is 1. The Morgan fingerprint density at radius 2 is 1.70 bits per heavy atom. The summed E-state index contributed by atoms with van der Waals surface area (Å²) in [5.41, 5.74) is 5.74. The van der Waals surface area contributed by atoms with E-state index in [-0.39, 0.29) is 5.25 Å². The predicted octanol–water partition coefficient (Wildman–Crippen LogP) is 5.94. The summed E-state index contributed by atoms with van der Waals surface area (Å²) in [6, 6.07) is 10.3. The van der Waals surface area contributed by atoms with Gasteiger partial charge in [-0.15, -0.1) is 0 Å². The molecular formula is C26H31N5OS. The number of hydrogen-bond acceptors (Lipinski definition) is 6. The van der Waals surface area contributed by atoms with Gasteiger partial charge in [0.2, 0.25) is 0 Å². The lowest BCUT2D eigenvalue weighted by atomic mass is 9.93. The van der Waals surface area contributed by atoms with Crippen LogP contribution in [0.4, 0.5) is 17.2 Å². The predicted molar refractivity (Wildman–Crippen MR) is 134 cm³/mol. The number of anilines is 3. The Kier molecular flexibility index (Phi) is 4.70. The Balaban J connectivity index is 1.48.